The molecule has 0 radical (unpaired) electrons. The van der Waals surface area contributed by atoms with Gasteiger partial charge in [-0.3, -0.25) is 0 Å². The van der Waals surface area contributed by atoms with Crippen LogP contribution in [0.5, 0.6) is 0 Å². The summed E-state index contributed by atoms with van der Waals surface area (Å²) in [7, 11) is -2.07. The van der Waals surface area contributed by atoms with E-state index in [-0.39, 0.29) is 4.21 Å². The summed E-state index contributed by atoms with van der Waals surface area (Å²) in [6.45, 7) is 5.11. The molecule has 0 fully saturated rings. The van der Waals surface area contributed by atoms with Gasteiger partial charge in [0.15, 0.2) is 0 Å². The molecule has 2 heterocycles. The Labute approximate surface area is 148 Å². The average molecular weight is 383 g/mol. The van der Waals surface area contributed by atoms with Crippen molar-refractivity contribution in [2.75, 3.05) is 13.7 Å². The monoisotopic (exact) mass is 382 g/mol. The molecule has 3 aromatic rings. The van der Waals surface area contributed by atoms with Crippen molar-refractivity contribution in [2.24, 2.45) is 4.40 Å². The predicted molar refractivity (Wildman–Crippen MR) is 98.2 cm³/mol. The number of aryl methyl sites for hydroxylation is 2. The van der Waals surface area contributed by atoms with Crippen LogP contribution in [0.4, 0.5) is 0 Å². The lowest BCUT2D eigenvalue weighted by Crippen LogP contribution is -2.19. The third kappa shape index (κ3) is 3.32. The summed E-state index contributed by atoms with van der Waals surface area (Å²) in [5.74, 6) is 0. The zero-order chi connectivity index (χ0) is 17.3. The van der Waals surface area contributed by atoms with E-state index < -0.39 is 10.0 Å². The van der Waals surface area contributed by atoms with Crippen molar-refractivity contribution in [2.45, 2.75) is 24.6 Å². The Hall–Kier alpha value is -1.48. The van der Waals surface area contributed by atoms with E-state index in [1.807, 2.05) is 18.4 Å². The normalized spacial score (nSPS) is 13.0. The summed E-state index contributed by atoms with van der Waals surface area (Å²) < 4.78 is 37.6. The van der Waals surface area contributed by atoms with Crippen molar-refractivity contribution in [1.29, 1.82) is 0 Å². The Morgan fingerprint density at radius 2 is 2.08 bits per heavy atom. The van der Waals surface area contributed by atoms with Gasteiger partial charge in [-0.15, -0.1) is 15.7 Å². The first-order valence-corrected chi connectivity index (χ1v) is 10.5. The fourth-order valence-electron chi connectivity index (χ4n) is 2.54. The molecule has 3 rings (SSSR count). The highest BCUT2D eigenvalue weighted by molar-refractivity contribution is 7.92. The summed E-state index contributed by atoms with van der Waals surface area (Å²) in [5, 5.41) is 1.74. The first-order valence-electron chi connectivity index (χ1n) is 7.36. The number of hydrogen-bond donors (Lipinski definition) is 0. The van der Waals surface area contributed by atoms with Gasteiger partial charge in [0.05, 0.1) is 16.8 Å². The molecule has 0 N–H and O–H groups in total. The van der Waals surface area contributed by atoms with Gasteiger partial charge in [-0.05, 0) is 42.5 Å². The molecule has 0 aliphatic heterocycles. The number of benzene rings is 1. The summed E-state index contributed by atoms with van der Waals surface area (Å²) in [6.07, 6.45) is 0. The van der Waals surface area contributed by atoms with Crippen LogP contribution in [0.1, 0.15) is 11.1 Å². The maximum atomic E-state index is 12.5. The van der Waals surface area contributed by atoms with Crippen LogP contribution in [0.15, 0.2) is 38.3 Å². The molecular weight excluding hydrogens is 364 g/mol. The fourth-order valence-corrected chi connectivity index (χ4v) is 5.82. The lowest BCUT2D eigenvalue weighted by molar-refractivity contribution is 0.187. The summed E-state index contributed by atoms with van der Waals surface area (Å²) in [4.78, 5) is 0.476. The molecule has 0 unspecified atom stereocenters. The highest BCUT2D eigenvalue weighted by atomic mass is 32.2. The van der Waals surface area contributed by atoms with E-state index in [0.717, 1.165) is 21.3 Å². The molecular formula is C16H18N2O3S3. The van der Waals surface area contributed by atoms with Crippen molar-refractivity contribution in [3.63, 3.8) is 0 Å². The second-order valence-electron chi connectivity index (χ2n) is 5.46. The number of hydrogen-bond acceptors (Lipinski definition) is 5. The van der Waals surface area contributed by atoms with Crippen LogP contribution >= 0.6 is 22.7 Å². The minimum Gasteiger partial charge on any atom is -0.383 e. The summed E-state index contributed by atoms with van der Waals surface area (Å²) >= 11 is 2.57. The van der Waals surface area contributed by atoms with E-state index in [1.165, 1.54) is 22.7 Å². The average Bonchev–Trinajstić information content (AvgIpc) is 3.14. The number of methoxy groups -OCH3 is 1. The Kier molecular flexibility index (Phi) is 4.91. The highest BCUT2D eigenvalue weighted by Gasteiger charge is 2.16. The first kappa shape index (κ1) is 17.3. The van der Waals surface area contributed by atoms with Gasteiger partial charge in [0.2, 0.25) is 4.80 Å². The van der Waals surface area contributed by atoms with Crippen LogP contribution in [-0.4, -0.2) is 26.7 Å². The smallest absolute Gasteiger partial charge is 0.294 e. The van der Waals surface area contributed by atoms with Crippen LogP contribution in [0.25, 0.3) is 10.2 Å². The standard InChI is InChI=1S/C16H18N2O3S3/c1-11-9-12(2)15-13(10-11)18(6-7-21-3)16(23-15)17-24(19,20)14-5-4-8-22-14/h4-5,8-10H,6-7H2,1-3H3/b17-16-. The Balaban J connectivity index is 2.27. The number of nitrogens with zero attached hydrogens (tertiary/aromatic N) is 2. The van der Waals surface area contributed by atoms with Crippen molar-refractivity contribution >= 4 is 42.9 Å². The van der Waals surface area contributed by atoms with Gasteiger partial charge >= 0.3 is 0 Å². The van der Waals surface area contributed by atoms with E-state index in [1.54, 1.807) is 24.6 Å². The van der Waals surface area contributed by atoms with E-state index in [4.69, 9.17) is 4.74 Å². The zero-order valence-corrected chi connectivity index (χ0v) is 16.1. The number of sulfonamides is 1. The molecule has 24 heavy (non-hydrogen) atoms. The number of rotatable bonds is 5. The highest BCUT2D eigenvalue weighted by Crippen LogP contribution is 2.24. The minimum atomic E-state index is -3.70. The second-order valence-corrected chi connectivity index (χ2v) is 9.21. The van der Waals surface area contributed by atoms with Crippen LogP contribution in [0.2, 0.25) is 0 Å². The molecule has 0 amide bonds. The van der Waals surface area contributed by atoms with Gasteiger partial charge in [0, 0.05) is 13.7 Å². The minimum absolute atomic E-state index is 0.256. The topological polar surface area (TPSA) is 60.7 Å². The Bertz CT molecular complexity index is 1030. The maximum Gasteiger partial charge on any atom is 0.294 e. The molecule has 0 aliphatic carbocycles. The zero-order valence-electron chi connectivity index (χ0n) is 13.6. The SMILES string of the molecule is COCCn1/c(=N/S(=O)(=O)c2cccs2)sc2c(C)cc(C)cc21. The third-order valence-corrected chi connectivity index (χ3v) is 7.57. The second kappa shape index (κ2) is 6.79. The van der Waals surface area contributed by atoms with Crippen molar-refractivity contribution in [1.82, 2.24) is 4.57 Å². The summed E-state index contributed by atoms with van der Waals surface area (Å²) in [6, 6.07) is 7.44. The van der Waals surface area contributed by atoms with Gasteiger partial charge in [-0.1, -0.05) is 23.5 Å². The Morgan fingerprint density at radius 3 is 2.75 bits per heavy atom. The lowest BCUT2D eigenvalue weighted by atomic mass is 10.1. The molecule has 2 aromatic heterocycles. The molecule has 1 aromatic carbocycles. The van der Waals surface area contributed by atoms with Gasteiger partial charge in [0.25, 0.3) is 10.0 Å². The van der Waals surface area contributed by atoms with Crippen molar-refractivity contribution < 1.29 is 13.2 Å². The maximum absolute atomic E-state index is 12.5. The van der Waals surface area contributed by atoms with Crippen molar-refractivity contribution in [3.8, 4) is 0 Å². The molecule has 0 bridgehead atoms. The van der Waals surface area contributed by atoms with E-state index in [9.17, 15) is 8.42 Å². The van der Waals surface area contributed by atoms with Gasteiger partial charge in [-0.25, -0.2) is 0 Å². The quantitative estimate of drug-likeness (QED) is 0.680. The van der Waals surface area contributed by atoms with E-state index in [0.29, 0.717) is 18.0 Å². The molecule has 5 nitrogen and oxygen atoms in total. The number of thiazole rings is 1. The molecule has 0 aliphatic rings. The van der Waals surface area contributed by atoms with E-state index in [2.05, 4.69) is 16.5 Å². The molecule has 128 valence electrons. The molecule has 0 saturated carbocycles. The van der Waals surface area contributed by atoms with Crippen LogP contribution in [0, 0.1) is 13.8 Å². The molecule has 8 heteroatoms. The fraction of sp³-hybridized carbons (Fsp3) is 0.312. The Morgan fingerprint density at radius 1 is 1.29 bits per heavy atom. The lowest BCUT2D eigenvalue weighted by Gasteiger charge is -2.06. The summed E-state index contributed by atoms with van der Waals surface area (Å²) in [5.41, 5.74) is 3.25. The largest absolute Gasteiger partial charge is 0.383 e. The number of ether oxygens (including phenoxy) is 1. The van der Waals surface area contributed by atoms with Gasteiger partial charge in [-0.2, -0.15) is 8.42 Å². The molecule has 0 atom stereocenters. The van der Waals surface area contributed by atoms with Crippen LogP contribution in [-0.2, 0) is 21.3 Å². The van der Waals surface area contributed by atoms with Gasteiger partial charge < -0.3 is 9.30 Å². The number of fused-ring (bicyclic) bond motifs is 1. The van der Waals surface area contributed by atoms with E-state index >= 15 is 0 Å². The molecule has 0 spiro atoms. The van der Waals surface area contributed by atoms with Crippen LogP contribution in [0.3, 0.4) is 0 Å². The van der Waals surface area contributed by atoms with Gasteiger partial charge in [0.1, 0.15) is 4.21 Å². The van der Waals surface area contributed by atoms with Crippen molar-refractivity contribution in [3.05, 3.63) is 45.6 Å². The predicted octanol–water partition coefficient (Wildman–Crippen LogP) is 3.32. The number of thiophene rings is 1. The molecule has 0 saturated heterocycles. The number of aromatic nitrogens is 1. The third-order valence-electron chi connectivity index (χ3n) is 3.58. The van der Waals surface area contributed by atoms with Crippen LogP contribution < -0.4 is 4.80 Å². The first-order chi connectivity index (χ1) is 11.4.